The molecule has 60 heavy (non-hydrogen) atoms. The van der Waals surface area contributed by atoms with Crippen molar-refractivity contribution < 1.29 is 4.42 Å². The molecule has 0 aliphatic heterocycles. The average molecular weight is 766 g/mol. The van der Waals surface area contributed by atoms with Crippen molar-refractivity contribution in [3.8, 4) is 56.4 Å². The van der Waals surface area contributed by atoms with E-state index < -0.39 is 5.41 Å². The van der Waals surface area contributed by atoms with Gasteiger partial charge >= 0.3 is 0 Å². The molecule has 0 spiro atoms. The van der Waals surface area contributed by atoms with E-state index in [-0.39, 0.29) is 0 Å². The SMILES string of the molecule is c1ccc(-c2nc(-c3cccc(-c4cccc5oc6cc(C7(c8ccccc8)c8ccccc8-c8ccccc87)ccc6c45)c3)nc(-c3ccc4ccccc4c3)n2)cc1. The molecule has 2 aromatic heterocycles. The van der Waals surface area contributed by atoms with E-state index in [1.54, 1.807) is 0 Å². The van der Waals surface area contributed by atoms with E-state index in [0.29, 0.717) is 17.5 Å². The summed E-state index contributed by atoms with van der Waals surface area (Å²) >= 11 is 0. The summed E-state index contributed by atoms with van der Waals surface area (Å²) in [6.45, 7) is 0. The summed E-state index contributed by atoms with van der Waals surface area (Å²) in [5, 5.41) is 4.46. The highest BCUT2D eigenvalue weighted by Crippen LogP contribution is 2.56. The number of aromatic nitrogens is 3. The molecule has 1 aliphatic rings. The Kier molecular flexibility index (Phi) is 7.72. The lowest BCUT2D eigenvalue weighted by Crippen LogP contribution is -2.28. The molecule has 12 rings (SSSR count). The summed E-state index contributed by atoms with van der Waals surface area (Å²) in [5.41, 5.74) is 13.6. The zero-order chi connectivity index (χ0) is 39.6. The highest BCUT2D eigenvalue weighted by molar-refractivity contribution is 6.13. The maximum atomic E-state index is 6.81. The molecule has 4 heteroatoms. The number of nitrogens with zero attached hydrogens (tertiary/aromatic N) is 3. The fourth-order valence-electron chi connectivity index (χ4n) is 9.52. The summed E-state index contributed by atoms with van der Waals surface area (Å²) in [6, 6.07) is 75.1. The van der Waals surface area contributed by atoms with Gasteiger partial charge in [0.05, 0.1) is 5.41 Å². The van der Waals surface area contributed by atoms with E-state index in [1.807, 2.05) is 30.3 Å². The van der Waals surface area contributed by atoms with Crippen LogP contribution < -0.4 is 0 Å². The van der Waals surface area contributed by atoms with E-state index >= 15 is 0 Å². The second-order valence-corrected chi connectivity index (χ2v) is 15.5. The molecule has 0 amide bonds. The van der Waals surface area contributed by atoms with E-state index in [9.17, 15) is 0 Å². The topological polar surface area (TPSA) is 51.8 Å². The summed E-state index contributed by atoms with van der Waals surface area (Å²) in [4.78, 5) is 15.2. The molecule has 0 N–H and O–H groups in total. The minimum absolute atomic E-state index is 0.506. The fraction of sp³-hybridized carbons (Fsp3) is 0.0179. The first-order valence-corrected chi connectivity index (χ1v) is 20.3. The molecule has 0 bridgehead atoms. The van der Waals surface area contributed by atoms with Gasteiger partial charge in [0, 0.05) is 27.5 Å². The number of furan rings is 1. The normalized spacial score (nSPS) is 12.8. The van der Waals surface area contributed by atoms with Crippen LogP contribution in [-0.2, 0) is 5.41 Å². The monoisotopic (exact) mass is 765 g/mol. The zero-order valence-electron chi connectivity index (χ0n) is 32.5. The van der Waals surface area contributed by atoms with Crippen LogP contribution in [0, 0.1) is 0 Å². The Morgan fingerprint density at radius 3 is 1.65 bits per heavy atom. The molecule has 0 saturated heterocycles. The largest absolute Gasteiger partial charge is 0.456 e. The van der Waals surface area contributed by atoms with Crippen molar-refractivity contribution in [3.05, 3.63) is 235 Å². The van der Waals surface area contributed by atoms with Crippen molar-refractivity contribution >= 4 is 32.7 Å². The second-order valence-electron chi connectivity index (χ2n) is 15.5. The van der Waals surface area contributed by atoms with Crippen molar-refractivity contribution in [1.29, 1.82) is 0 Å². The predicted molar refractivity (Wildman–Crippen MR) is 244 cm³/mol. The summed E-state index contributed by atoms with van der Waals surface area (Å²) in [6.07, 6.45) is 0. The van der Waals surface area contributed by atoms with E-state index in [4.69, 9.17) is 19.4 Å². The average Bonchev–Trinajstić information content (AvgIpc) is 3.85. The Bertz CT molecular complexity index is 3400. The van der Waals surface area contributed by atoms with Gasteiger partial charge in [0.15, 0.2) is 17.5 Å². The quantitative estimate of drug-likeness (QED) is 0.169. The van der Waals surface area contributed by atoms with E-state index in [1.165, 1.54) is 38.8 Å². The predicted octanol–water partition coefficient (Wildman–Crippen LogP) is 14.0. The molecule has 9 aromatic carbocycles. The molecule has 4 nitrogen and oxygen atoms in total. The molecule has 11 aromatic rings. The van der Waals surface area contributed by atoms with Crippen LogP contribution in [0.3, 0.4) is 0 Å². The van der Waals surface area contributed by atoms with Gasteiger partial charge in [-0.15, -0.1) is 0 Å². The van der Waals surface area contributed by atoms with Gasteiger partial charge in [-0.1, -0.05) is 188 Å². The first-order valence-electron chi connectivity index (χ1n) is 20.3. The highest BCUT2D eigenvalue weighted by atomic mass is 16.3. The van der Waals surface area contributed by atoms with Crippen molar-refractivity contribution in [1.82, 2.24) is 15.0 Å². The minimum atomic E-state index is -0.506. The van der Waals surface area contributed by atoms with Gasteiger partial charge in [0.2, 0.25) is 0 Å². The van der Waals surface area contributed by atoms with E-state index in [0.717, 1.165) is 55.1 Å². The van der Waals surface area contributed by atoms with Crippen LogP contribution in [0.5, 0.6) is 0 Å². The summed E-state index contributed by atoms with van der Waals surface area (Å²) < 4.78 is 6.81. The first kappa shape index (κ1) is 34.1. The van der Waals surface area contributed by atoms with Gasteiger partial charge in [-0.25, -0.2) is 15.0 Å². The Labute approximate surface area is 347 Å². The second kappa shape index (κ2) is 13.6. The van der Waals surface area contributed by atoms with Crippen LogP contribution in [0.4, 0.5) is 0 Å². The lowest BCUT2D eigenvalue weighted by molar-refractivity contribution is 0.665. The van der Waals surface area contributed by atoms with Crippen LogP contribution >= 0.6 is 0 Å². The Morgan fingerprint density at radius 2 is 0.900 bits per heavy atom. The minimum Gasteiger partial charge on any atom is -0.456 e. The van der Waals surface area contributed by atoms with Crippen LogP contribution in [0.15, 0.2) is 217 Å². The fourth-order valence-corrected chi connectivity index (χ4v) is 9.52. The lowest BCUT2D eigenvalue weighted by atomic mass is 9.67. The van der Waals surface area contributed by atoms with Crippen molar-refractivity contribution in [2.24, 2.45) is 0 Å². The number of hydrogen-bond donors (Lipinski definition) is 0. The van der Waals surface area contributed by atoms with Gasteiger partial charge in [-0.05, 0) is 79.5 Å². The zero-order valence-corrected chi connectivity index (χ0v) is 32.5. The van der Waals surface area contributed by atoms with Crippen LogP contribution in [0.2, 0.25) is 0 Å². The first-order chi connectivity index (χ1) is 29.7. The third-order valence-corrected chi connectivity index (χ3v) is 12.2. The number of hydrogen-bond acceptors (Lipinski definition) is 4. The van der Waals surface area contributed by atoms with Gasteiger partial charge in [0.1, 0.15) is 11.2 Å². The molecule has 0 fully saturated rings. The summed E-state index contributed by atoms with van der Waals surface area (Å²) in [5.74, 6) is 1.88. The van der Waals surface area contributed by atoms with Crippen LogP contribution in [-0.4, -0.2) is 15.0 Å². The number of fused-ring (bicyclic) bond motifs is 7. The standard InChI is InChI=1S/C56H35N3O/c1-3-16-37(17-4-1)53-57-54(59-55(58-53)41-30-29-36-15-7-8-18-38(36)33-41)40-20-13-19-39(34-40)44-25-14-28-50-52(44)47-32-31-43(35-51(47)60-50)56(42-21-5-2-6-22-42)48-26-11-9-23-45(48)46-24-10-12-27-49(46)56/h1-35H. The number of rotatable bonds is 6. The molecule has 2 heterocycles. The van der Waals surface area contributed by atoms with Gasteiger partial charge in [0.25, 0.3) is 0 Å². The molecule has 0 radical (unpaired) electrons. The van der Waals surface area contributed by atoms with E-state index in [2.05, 4.69) is 182 Å². The molecular formula is C56H35N3O. The third kappa shape index (κ3) is 5.28. The Hall–Kier alpha value is -7.95. The van der Waals surface area contributed by atoms with Crippen molar-refractivity contribution in [2.45, 2.75) is 5.41 Å². The Balaban J connectivity index is 1.01. The summed E-state index contributed by atoms with van der Waals surface area (Å²) in [7, 11) is 0. The third-order valence-electron chi connectivity index (χ3n) is 12.2. The molecular weight excluding hydrogens is 731 g/mol. The maximum Gasteiger partial charge on any atom is 0.164 e. The smallest absolute Gasteiger partial charge is 0.164 e. The van der Waals surface area contributed by atoms with Crippen molar-refractivity contribution in [3.63, 3.8) is 0 Å². The molecule has 0 unspecified atom stereocenters. The molecule has 0 atom stereocenters. The molecule has 0 saturated carbocycles. The van der Waals surface area contributed by atoms with Crippen LogP contribution in [0.1, 0.15) is 22.3 Å². The number of benzene rings is 9. The van der Waals surface area contributed by atoms with Gasteiger partial charge in [-0.3, -0.25) is 0 Å². The highest BCUT2D eigenvalue weighted by Gasteiger charge is 2.46. The van der Waals surface area contributed by atoms with Gasteiger partial charge in [-0.2, -0.15) is 0 Å². The lowest BCUT2D eigenvalue weighted by Gasteiger charge is -2.33. The van der Waals surface area contributed by atoms with Crippen molar-refractivity contribution in [2.75, 3.05) is 0 Å². The molecule has 1 aliphatic carbocycles. The Morgan fingerprint density at radius 1 is 0.333 bits per heavy atom. The maximum absolute atomic E-state index is 6.81. The van der Waals surface area contributed by atoms with Crippen LogP contribution in [0.25, 0.3) is 89.1 Å². The molecule has 280 valence electrons. The van der Waals surface area contributed by atoms with Gasteiger partial charge < -0.3 is 4.42 Å².